The van der Waals surface area contributed by atoms with Crippen molar-refractivity contribution in [3.8, 4) is 11.8 Å². The zero-order chi connectivity index (χ0) is 14.0. The van der Waals surface area contributed by atoms with E-state index in [1.54, 1.807) is 13.2 Å². The Bertz CT molecular complexity index is 655. The summed E-state index contributed by atoms with van der Waals surface area (Å²) in [6, 6.07) is 7.59. The number of hydrogen-bond donors (Lipinski definition) is 0. The predicted molar refractivity (Wildman–Crippen MR) is 73.5 cm³/mol. The first kappa shape index (κ1) is 13.4. The molecule has 0 spiro atoms. The van der Waals surface area contributed by atoms with Crippen LogP contribution in [-0.2, 0) is 6.54 Å². The zero-order valence-electron chi connectivity index (χ0n) is 11.1. The number of halogens is 1. The van der Waals surface area contributed by atoms with E-state index in [1.165, 1.54) is 0 Å². The fourth-order valence-corrected chi connectivity index (χ4v) is 2.06. The molecule has 4 nitrogen and oxygen atoms in total. The molecule has 1 aromatic heterocycles. The summed E-state index contributed by atoms with van der Waals surface area (Å²) in [6.07, 6.45) is 0. The number of nitrogens with zero attached hydrogens (tertiary/aromatic N) is 3. The SMILES string of the molecule is COc1cc(Cn2nc(C)c(Cl)c2C)ccc1C#N. The minimum atomic E-state index is 0.526. The zero-order valence-corrected chi connectivity index (χ0v) is 11.8. The molecule has 0 unspecified atom stereocenters. The summed E-state index contributed by atoms with van der Waals surface area (Å²) in [5.41, 5.74) is 3.29. The lowest BCUT2D eigenvalue weighted by Crippen LogP contribution is -2.04. The van der Waals surface area contributed by atoms with Gasteiger partial charge in [-0.2, -0.15) is 10.4 Å². The van der Waals surface area contributed by atoms with Gasteiger partial charge < -0.3 is 4.74 Å². The van der Waals surface area contributed by atoms with Crippen LogP contribution in [0.25, 0.3) is 0 Å². The lowest BCUT2D eigenvalue weighted by atomic mass is 10.1. The third-order valence-electron chi connectivity index (χ3n) is 3.01. The highest BCUT2D eigenvalue weighted by molar-refractivity contribution is 6.31. The molecule has 98 valence electrons. The first-order valence-corrected chi connectivity index (χ1v) is 6.21. The number of aryl methyl sites for hydroxylation is 1. The largest absolute Gasteiger partial charge is 0.495 e. The molecule has 0 amide bonds. The van der Waals surface area contributed by atoms with Gasteiger partial charge in [-0.05, 0) is 31.5 Å². The molecule has 2 aromatic rings. The number of benzene rings is 1. The van der Waals surface area contributed by atoms with Crippen molar-refractivity contribution in [3.63, 3.8) is 0 Å². The molecule has 0 aliphatic rings. The fourth-order valence-electron chi connectivity index (χ4n) is 1.93. The van der Waals surface area contributed by atoms with Gasteiger partial charge in [0, 0.05) is 0 Å². The van der Waals surface area contributed by atoms with Crippen LogP contribution in [0.2, 0.25) is 5.02 Å². The standard InChI is InChI=1S/C14H14ClN3O/c1-9-14(15)10(2)18(17-9)8-11-4-5-12(7-16)13(6-11)19-3/h4-6H,8H2,1-3H3. The minimum Gasteiger partial charge on any atom is -0.495 e. The van der Waals surface area contributed by atoms with Crippen LogP contribution in [0.5, 0.6) is 5.75 Å². The summed E-state index contributed by atoms with van der Waals surface area (Å²) in [5, 5.41) is 14.0. The van der Waals surface area contributed by atoms with Gasteiger partial charge in [0.05, 0.1) is 35.6 Å². The Morgan fingerprint density at radius 3 is 2.68 bits per heavy atom. The van der Waals surface area contributed by atoms with Crippen LogP contribution in [0.4, 0.5) is 0 Å². The maximum Gasteiger partial charge on any atom is 0.136 e. The fraction of sp³-hybridized carbons (Fsp3) is 0.286. The molecule has 0 aliphatic heterocycles. The van der Waals surface area contributed by atoms with E-state index in [4.69, 9.17) is 21.6 Å². The third kappa shape index (κ3) is 2.56. The molecule has 19 heavy (non-hydrogen) atoms. The molecule has 0 N–H and O–H groups in total. The van der Waals surface area contributed by atoms with Gasteiger partial charge in [0.1, 0.15) is 11.8 Å². The van der Waals surface area contributed by atoms with Gasteiger partial charge in [0.2, 0.25) is 0 Å². The second-order valence-corrected chi connectivity index (χ2v) is 4.67. The summed E-state index contributed by atoms with van der Waals surface area (Å²) < 4.78 is 7.04. The van der Waals surface area contributed by atoms with Crippen molar-refractivity contribution < 1.29 is 4.74 Å². The van der Waals surface area contributed by atoms with Crippen LogP contribution >= 0.6 is 11.6 Å². The number of hydrogen-bond acceptors (Lipinski definition) is 3. The summed E-state index contributed by atoms with van der Waals surface area (Å²) in [6.45, 7) is 4.41. The van der Waals surface area contributed by atoms with Crippen molar-refractivity contribution in [2.75, 3.05) is 7.11 Å². The smallest absolute Gasteiger partial charge is 0.136 e. The van der Waals surface area contributed by atoms with Gasteiger partial charge in [-0.1, -0.05) is 17.7 Å². The first-order valence-electron chi connectivity index (χ1n) is 5.83. The highest BCUT2D eigenvalue weighted by Gasteiger charge is 2.10. The Kier molecular flexibility index (Phi) is 3.77. The predicted octanol–water partition coefficient (Wildman–Crippen LogP) is 3.08. The average molecular weight is 276 g/mol. The average Bonchev–Trinajstić information content (AvgIpc) is 2.66. The number of nitriles is 1. The van der Waals surface area contributed by atoms with E-state index in [2.05, 4.69) is 11.2 Å². The summed E-state index contributed by atoms with van der Waals surface area (Å²) in [4.78, 5) is 0. The van der Waals surface area contributed by atoms with Gasteiger partial charge in [0.15, 0.2) is 0 Å². The van der Waals surface area contributed by atoms with Crippen LogP contribution in [0, 0.1) is 25.2 Å². The Hall–Kier alpha value is -1.99. The maximum atomic E-state index is 8.95. The van der Waals surface area contributed by atoms with Crippen molar-refractivity contribution in [3.05, 3.63) is 45.7 Å². The molecule has 0 aliphatic carbocycles. The first-order chi connectivity index (χ1) is 9.06. The topological polar surface area (TPSA) is 50.8 Å². The van der Waals surface area contributed by atoms with Crippen LogP contribution < -0.4 is 4.74 Å². The molecule has 0 saturated heterocycles. The van der Waals surface area contributed by atoms with E-state index in [0.717, 1.165) is 17.0 Å². The van der Waals surface area contributed by atoms with E-state index in [9.17, 15) is 0 Å². The van der Waals surface area contributed by atoms with E-state index in [0.29, 0.717) is 22.9 Å². The molecule has 0 atom stereocenters. The Morgan fingerprint density at radius 2 is 2.16 bits per heavy atom. The summed E-state index contributed by atoms with van der Waals surface area (Å²) >= 11 is 6.12. The van der Waals surface area contributed by atoms with E-state index >= 15 is 0 Å². The molecule has 0 bridgehead atoms. The van der Waals surface area contributed by atoms with Gasteiger partial charge in [-0.3, -0.25) is 4.68 Å². The normalized spacial score (nSPS) is 10.3. The van der Waals surface area contributed by atoms with Gasteiger partial charge >= 0.3 is 0 Å². The van der Waals surface area contributed by atoms with Gasteiger partial charge in [0.25, 0.3) is 0 Å². The van der Waals surface area contributed by atoms with Crippen molar-refractivity contribution in [2.45, 2.75) is 20.4 Å². The van der Waals surface area contributed by atoms with Crippen LogP contribution in [0.1, 0.15) is 22.5 Å². The monoisotopic (exact) mass is 275 g/mol. The minimum absolute atomic E-state index is 0.526. The molecular formula is C14H14ClN3O. The van der Waals surface area contributed by atoms with Crippen molar-refractivity contribution in [1.82, 2.24) is 9.78 Å². The van der Waals surface area contributed by atoms with Crippen LogP contribution in [0.15, 0.2) is 18.2 Å². The highest BCUT2D eigenvalue weighted by Crippen LogP contribution is 2.23. The summed E-state index contributed by atoms with van der Waals surface area (Å²) in [5.74, 6) is 0.577. The van der Waals surface area contributed by atoms with Gasteiger partial charge in [-0.25, -0.2) is 0 Å². The van der Waals surface area contributed by atoms with Gasteiger partial charge in [-0.15, -0.1) is 0 Å². The molecular weight excluding hydrogens is 262 g/mol. The van der Waals surface area contributed by atoms with Crippen LogP contribution in [0.3, 0.4) is 0 Å². The lowest BCUT2D eigenvalue weighted by Gasteiger charge is -2.08. The number of methoxy groups -OCH3 is 1. The molecule has 1 heterocycles. The Morgan fingerprint density at radius 1 is 1.42 bits per heavy atom. The molecule has 0 fully saturated rings. The molecule has 1 aromatic carbocycles. The van der Waals surface area contributed by atoms with E-state index in [1.807, 2.05) is 30.7 Å². The van der Waals surface area contributed by atoms with Crippen molar-refractivity contribution in [2.24, 2.45) is 0 Å². The van der Waals surface area contributed by atoms with Crippen molar-refractivity contribution >= 4 is 11.6 Å². The number of rotatable bonds is 3. The highest BCUT2D eigenvalue weighted by atomic mass is 35.5. The second kappa shape index (κ2) is 5.33. The van der Waals surface area contributed by atoms with Crippen molar-refractivity contribution in [1.29, 1.82) is 5.26 Å². The lowest BCUT2D eigenvalue weighted by molar-refractivity contribution is 0.412. The van der Waals surface area contributed by atoms with E-state index < -0.39 is 0 Å². The number of ether oxygens (including phenoxy) is 1. The van der Waals surface area contributed by atoms with Crippen LogP contribution in [-0.4, -0.2) is 16.9 Å². The molecule has 0 radical (unpaired) electrons. The Labute approximate surface area is 117 Å². The maximum absolute atomic E-state index is 8.95. The summed E-state index contributed by atoms with van der Waals surface area (Å²) in [7, 11) is 1.56. The molecule has 2 rings (SSSR count). The second-order valence-electron chi connectivity index (χ2n) is 4.29. The number of aromatic nitrogens is 2. The third-order valence-corrected chi connectivity index (χ3v) is 3.56. The van der Waals surface area contributed by atoms with E-state index in [-0.39, 0.29) is 0 Å². The molecule has 0 saturated carbocycles. The Balaban J connectivity index is 2.34. The molecule has 5 heteroatoms. The quantitative estimate of drug-likeness (QED) is 0.865.